The third-order valence-corrected chi connectivity index (χ3v) is 3.52. The normalized spacial score (nSPS) is 10.6. The van der Waals surface area contributed by atoms with Gasteiger partial charge in [-0.2, -0.15) is 0 Å². The molecule has 6 nitrogen and oxygen atoms in total. The number of nitrogens with zero attached hydrogens (tertiary/aromatic N) is 3. The lowest BCUT2D eigenvalue weighted by Crippen LogP contribution is -2.13. The van der Waals surface area contributed by atoms with E-state index in [-0.39, 0.29) is 0 Å². The van der Waals surface area contributed by atoms with Crippen LogP contribution in [0.3, 0.4) is 0 Å². The second-order valence-electron chi connectivity index (χ2n) is 3.63. The van der Waals surface area contributed by atoms with Gasteiger partial charge in [0.25, 0.3) is 0 Å². The summed E-state index contributed by atoms with van der Waals surface area (Å²) in [6.45, 7) is 1.98. The van der Waals surface area contributed by atoms with Gasteiger partial charge in [-0.05, 0) is 23.9 Å². The Labute approximate surface area is 109 Å². The van der Waals surface area contributed by atoms with Crippen LogP contribution in [0, 0.1) is 0 Å². The Kier molecular flexibility index (Phi) is 3.61. The van der Waals surface area contributed by atoms with E-state index in [0.29, 0.717) is 10.8 Å². The van der Waals surface area contributed by atoms with Gasteiger partial charge in [-0.3, -0.25) is 0 Å². The zero-order valence-corrected chi connectivity index (χ0v) is 11.1. The highest BCUT2D eigenvalue weighted by atomic mass is 32.2. The number of hydrogen-bond donors (Lipinski definition) is 2. The molecule has 0 spiro atoms. The number of anilines is 1. The molecule has 18 heavy (non-hydrogen) atoms. The summed E-state index contributed by atoms with van der Waals surface area (Å²) < 4.78 is 6.58. The third kappa shape index (κ3) is 2.35. The molecule has 0 radical (unpaired) electrons. The molecule has 0 bridgehead atoms. The molecule has 0 aliphatic carbocycles. The first-order valence-corrected chi connectivity index (χ1v) is 6.28. The van der Waals surface area contributed by atoms with E-state index in [0.717, 1.165) is 22.9 Å². The molecular formula is C11H15N5OS. The number of methoxy groups -OCH3 is 1. The number of nitrogens with two attached hydrogens (primary N) is 2. The highest BCUT2D eigenvalue weighted by Gasteiger charge is 2.11. The van der Waals surface area contributed by atoms with Gasteiger partial charge in [0.15, 0.2) is 5.82 Å². The van der Waals surface area contributed by atoms with Crippen molar-refractivity contribution in [2.24, 2.45) is 0 Å². The van der Waals surface area contributed by atoms with Crippen LogP contribution in [0.15, 0.2) is 28.3 Å². The number of nitrogen functional groups attached to an aromatic ring is 2. The first-order chi connectivity index (χ1) is 8.65. The largest absolute Gasteiger partial charge is 0.497 e. The van der Waals surface area contributed by atoms with Crippen molar-refractivity contribution in [3.05, 3.63) is 24.0 Å². The molecule has 0 unspecified atom stereocenters. The summed E-state index contributed by atoms with van der Waals surface area (Å²) in [5.41, 5.74) is 6.56. The van der Waals surface area contributed by atoms with E-state index >= 15 is 0 Å². The van der Waals surface area contributed by atoms with Crippen molar-refractivity contribution in [3.63, 3.8) is 0 Å². The van der Waals surface area contributed by atoms with Gasteiger partial charge in [0.1, 0.15) is 5.75 Å². The van der Waals surface area contributed by atoms with E-state index in [1.54, 1.807) is 13.2 Å². The van der Waals surface area contributed by atoms with Crippen LogP contribution in [0.25, 0.3) is 0 Å². The zero-order valence-electron chi connectivity index (χ0n) is 10.3. The fraction of sp³-hybridized carbons (Fsp3) is 0.273. The van der Waals surface area contributed by atoms with Crippen molar-refractivity contribution in [2.75, 3.05) is 18.7 Å². The predicted octanol–water partition coefficient (Wildman–Crippen LogP) is 1.30. The summed E-state index contributed by atoms with van der Waals surface area (Å²) in [4.78, 5) is 0.873. The van der Waals surface area contributed by atoms with Crippen molar-refractivity contribution in [1.29, 1.82) is 0 Å². The zero-order chi connectivity index (χ0) is 13.1. The van der Waals surface area contributed by atoms with Gasteiger partial charge in [-0.1, -0.05) is 6.92 Å². The maximum Gasteiger partial charge on any atom is 0.214 e. The maximum atomic E-state index is 5.94. The Morgan fingerprint density at radius 1 is 1.39 bits per heavy atom. The summed E-state index contributed by atoms with van der Waals surface area (Å²) in [6, 6.07) is 5.48. The second-order valence-corrected chi connectivity index (χ2v) is 4.64. The molecule has 0 amide bonds. The minimum absolute atomic E-state index is 0.615. The minimum atomic E-state index is 0.615. The molecule has 1 heterocycles. The predicted molar refractivity (Wildman–Crippen MR) is 71.1 cm³/mol. The number of aromatic nitrogens is 3. The van der Waals surface area contributed by atoms with E-state index in [1.807, 2.05) is 19.1 Å². The molecule has 7 heteroatoms. The number of ether oxygens (including phenoxy) is 1. The van der Waals surface area contributed by atoms with E-state index in [9.17, 15) is 0 Å². The van der Waals surface area contributed by atoms with E-state index in [2.05, 4.69) is 10.2 Å². The molecule has 0 aliphatic rings. The van der Waals surface area contributed by atoms with Crippen molar-refractivity contribution >= 4 is 17.4 Å². The summed E-state index contributed by atoms with van der Waals surface area (Å²) in [5, 5.41) is 8.64. The van der Waals surface area contributed by atoms with Crippen molar-refractivity contribution in [3.8, 4) is 5.75 Å². The molecule has 2 rings (SSSR count). The van der Waals surface area contributed by atoms with Gasteiger partial charge in [-0.25, -0.2) is 4.68 Å². The number of hydrogen-bond acceptors (Lipinski definition) is 6. The number of rotatable bonds is 4. The fourth-order valence-corrected chi connectivity index (χ4v) is 2.26. The molecule has 2 aromatic rings. The van der Waals surface area contributed by atoms with Crippen molar-refractivity contribution in [1.82, 2.24) is 14.9 Å². The molecule has 0 fully saturated rings. The lowest BCUT2D eigenvalue weighted by Gasteiger charge is -2.07. The Hall–Kier alpha value is -1.89. The van der Waals surface area contributed by atoms with Gasteiger partial charge < -0.3 is 16.3 Å². The summed E-state index contributed by atoms with van der Waals surface area (Å²) in [7, 11) is 1.60. The van der Waals surface area contributed by atoms with Crippen LogP contribution in [0.1, 0.15) is 12.7 Å². The summed E-state index contributed by atoms with van der Waals surface area (Å²) in [5.74, 6) is 7.34. The quantitative estimate of drug-likeness (QED) is 0.639. The van der Waals surface area contributed by atoms with Crippen LogP contribution >= 0.6 is 11.8 Å². The molecule has 0 saturated carbocycles. The monoisotopic (exact) mass is 265 g/mol. The van der Waals surface area contributed by atoms with E-state index < -0.39 is 0 Å². The van der Waals surface area contributed by atoms with Gasteiger partial charge in [0.05, 0.1) is 7.11 Å². The molecule has 1 aromatic carbocycles. The average molecular weight is 265 g/mol. The molecule has 0 saturated heterocycles. The van der Waals surface area contributed by atoms with Crippen molar-refractivity contribution in [2.45, 2.75) is 23.4 Å². The smallest absolute Gasteiger partial charge is 0.214 e. The summed E-state index contributed by atoms with van der Waals surface area (Å²) >= 11 is 1.38. The van der Waals surface area contributed by atoms with Gasteiger partial charge in [0.2, 0.25) is 5.16 Å². The van der Waals surface area contributed by atoms with Crippen LogP contribution in [0.4, 0.5) is 5.69 Å². The Balaban J connectivity index is 2.25. The molecule has 96 valence electrons. The maximum absolute atomic E-state index is 5.94. The highest BCUT2D eigenvalue weighted by Crippen LogP contribution is 2.32. The Morgan fingerprint density at radius 2 is 2.17 bits per heavy atom. The third-order valence-electron chi connectivity index (χ3n) is 2.47. The molecule has 4 N–H and O–H groups in total. The average Bonchev–Trinajstić information content (AvgIpc) is 2.73. The first-order valence-electron chi connectivity index (χ1n) is 5.46. The van der Waals surface area contributed by atoms with Crippen LogP contribution in [-0.4, -0.2) is 22.0 Å². The summed E-state index contributed by atoms with van der Waals surface area (Å²) in [6.07, 6.45) is 0.738. The minimum Gasteiger partial charge on any atom is -0.497 e. The number of aryl methyl sites for hydroxylation is 1. The van der Waals surface area contributed by atoms with Crippen LogP contribution in [0.2, 0.25) is 0 Å². The molecule has 0 atom stereocenters. The standard InChI is InChI=1S/C11H15N5OS/c1-3-10-14-15-11(16(10)13)18-9-5-4-7(17-2)6-8(9)12/h4-6H,3,12-13H2,1-2H3. The Morgan fingerprint density at radius 3 is 2.72 bits per heavy atom. The van der Waals surface area contributed by atoms with Gasteiger partial charge in [0, 0.05) is 23.1 Å². The number of benzene rings is 1. The molecule has 0 aliphatic heterocycles. The van der Waals surface area contributed by atoms with Gasteiger partial charge >= 0.3 is 0 Å². The van der Waals surface area contributed by atoms with Crippen molar-refractivity contribution < 1.29 is 4.74 Å². The fourth-order valence-electron chi connectivity index (χ4n) is 1.46. The van der Waals surface area contributed by atoms with Crippen LogP contribution in [0.5, 0.6) is 5.75 Å². The SMILES string of the molecule is CCc1nnc(Sc2ccc(OC)cc2N)n1N. The molecule has 1 aromatic heterocycles. The van der Waals surface area contributed by atoms with Gasteiger partial charge in [-0.15, -0.1) is 10.2 Å². The van der Waals surface area contributed by atoms with E-state index in [4.69, 9.17) is 16.3 Å². The molecular weight excluding hydrogens is 250 g/mol. The van der Waals surface area contributed by atoms with Crippen LogP contribution in [-0.2, 0) is 6.42 Å². The lowest BCUT2D eigenvalue weighted by molar-refractivity contribution is 0.415. The Bertz CT molecular complexity index is 554. The first kappa shape index (κ1) is 12.6. The van der Waals surface area contributed by atoms with Crippen LogP contribution < -0.4 is 16.3 Å². The topological polar surface area (TPSA) is 92.0 Å². The second kappa shape index (κ2) is 5.18. The van der Waals surface area contributed by atoms with E-state index in [1.165, 1.54) is 16.4 Å². The lowest BCUT2D eigenvalue weighted by atomic mass is 10.3. The highest BCUT2D eigenvalue weighted by molar-refractivity contribution is 7.99.